The summed E-state index contributed by atoms with van der Waals surface area (Å²) in [6, 6.07) is 0. The van der Waals surface area contributed by atoms with Crippen LogP contribution in [-0.4, -0.2) is 22.7 Å². The molecule has 0 fully saturated rings. The fraction of sp³-hybridized carbons (Fsp3) is 0. The van der Waals surface area contributed by atoms with Crippen LogP contribution >= 0.6 is 0 Å². The van der Waals surface area contributed by atoms with E-state index < -0.39 is 17.4 Å². The summed E-state index contributed by atoms with van der Waals surface area (Å²) in [6.45, 7) is 0. The largest absolute Gasteiger partial charge is 0.476 e. The molecule has 0 aromatic rings. The van der Waals surface area contributed by atoms with Crippen molar-refractivity contribution in [1.29, 1.82) is 5.41 Å². The lowest BCUT2D eigenvalue weighted by Crippen LogP contribution is -2.20. The Balaban J connectivity index is 4.42. The molecule has 0 saturated heterocycles. The lowest BCUT2D eigenvalue weighted by molar-refractivity contribution is -0.129. The van der Waals surface area contributed by atoms with Gasteiger partial charge in [0.2, 0.25) is 0 Å². The highest BCUT2D eigenvalue weighted by Gasteiger charge is 2.09. The Hall–Kier alpha value is -1.61. The van der Waals surface area contributed by atoms with Crippen LogP contribution in [0.15, 0.2) is 5.70 Å². The summed E-state index contributed by atoms with van der Waals surface area (Å²) in [6.07, 6.45) is 0. The molecule has 0 aliphatic heterocycles. The van der Waals surface area contributed by atoms with Gasteiger partial charge in [0, 0.05) is 0 Å². The molecule has 9 heavy (non-hydrogen) atoms. The predicted molar refractivity (Wildman–Crippen MR) is 28.8 cm³/mol. The van der Waals surface area contributed by atoms with Crippen molar-refractivity contribution in [2.45, 2.75) is 0 Å². The summed E-state index contributed by atoms with van der Waals surface area (Å²) in [5.74, 6) is -0.447. The Morgan fingerprint density at radius 3 is 2.22 bits per heavy atom. The van der Waals surface area contributed by atoms with E-state index in [0.717, 1.165) is 5.94 Å². The van der Waals surface area contributed by atoms with Crippen molar-refractivity contribution in [1.82, 2.24) is 0 Å². The third-order valence-corrected chi connectivity index (χ3v) is 0.593. The SMILES string of the molecule is N=C(C(=O)O)C(N)=C=O. The van der Waals surface area contributed by atoms with E-state index in [4.69, 9.17) is 16.2 Å². The highest BCUT2D eigenvalue weighted by atomic mass is 16.4. The molecule has 0 heterocycles. The Morgan fingerprint density at radius 1 is 1.67 bits per heavy atom. The van der Waals surface area contributed by atoms with Crippen molar-refractivity contribution in [3.63, 3.8) is 0 Å². The lowest BCUT2D eigenvalue weighted by atomic mass is 10.3. The van der Waals surface area contributed by atoms with E-state index in [0.29, 0.717) is 0 Å². The lowest BCUT2D eigenvalue weighted by Gasteiger charge is -1.88. The fourth-order valence-corrected chi connectivity index (χ4v) is 0.166. The molecule has 0 radical (unpaired) electrons. The van der Waals surface area contributed by atoms with Gasteiger partial charge in [0.05, 0.1) is 0 Å². The van der Waals surface area contributed by atoms with E-state index in [-0.39, 0.29) is 0 Å². The van der Waals surface area contributed by atoms with Gasteiger partial charge in [-0.3, -0.25) is 5.41 Å². The third-order valence-electron chi connectivity index (χ3n) is 0.593. The summed E-state index contributed by atoms with van der Waals surface area (Å²) < 4.78 is 0. The van der Waals surface area contributed by atoms with Crippen molar-refractivity contribution in [3.8, 4) is 0 Å². The summed E-state index contributed by atoms with van der Waals surface area (Å²) in [5.41, 5.74) is 3.09. The first-order valence-electron chi connectivity index (χ1n) is 1.92. The number of hydrogen-bond donors (Lipinski definition) is 3. The van der Waals surface area contributed by atoms with Crippen LogP contribution in [0.25, 0.3) is 0 Å². The standard InChI is InChI=1S/C4H4N2O3/c5-2(1-7)3(6)4(8)9/h6H,5H2,(H,8,9). The Kier molecular flexibility index (Phi) is 2.17. The average Bonchev–Trinajstić information content (AvgIpc) is 1.84. The molecule has 0 atom stereocenters. The number of nitrogens with one attached hydrogen (secondary N) is 1. The molecule has 0 rings (SSSR count). The molecular weight excluding hydrogens is 124 g/mol. The zero-order chi connectivity index (χ0) is 7.44. The molecule has 5 nitrogen and oxygen atoms in total. The van der Waals surface area contributed by atoms with E-state index in [9.17, 15) is 9.59 Å². The molecule has 0 aromatic carbocycles. The number of nitrogens with two attached hydrogens (primary N) is 1. The van der Waals surface area contributed by atoms with Crippen LogP contribution in [-0.2, 0) is 9.59 Å². The van der Waals surface area contributed by atoms with Crippen molar-refractivity contribution >= 4 is 17.6 Å². The molecule has 0 spiro atoms. The average molecular weight is 128 g/mol. The molecule has 0 aromatic heterocycles. The minimum Gasteiger partial charge on any atom is -0.476 e. The maximum atomic E-state index is 9.80. The number of carbonyl (C=O) groups is 1. The molecule has 5 heteroatoms. The normalized spacial score (nSPS) is 7.56. The van der Waals surface area contributed by atoms with Crippen molar-refractivity contribution in [2.75, 3.05) is 0 Å². The Morgan fingerprint density at radius 2 is 2.11 bits per heavy atom. The first-order valence-corrected chi connectivity index (χ1v) is 1.92. The van der Waals surface area contributed by atoms with Crippen LogP contribution in [0.5, 0.6) is 0 Å². The van der Waals surface area contributed by atoms with Crippen molar-refractivity contribution in [3.05, 3.63) is 5.70 Å². The van der Waals surface area contributed by atoms with Crippen LogP contribution in [0.2, 0.25) is 0 Å². The van der Waals surface area contributed by atoms with E-state index in [2.05, 4.69) is 0 Å². The smallest absolute Gasteiger partial charge is 0.356 e. The van der Waals surface area contributed by atoms with E-state index in [1.54, 1.807) is 0 Å². The molecule has 0 saturated carbocycles. The summed E-state index contributed by atoms with van der Waals surface area (Å²) in [7, 11) is 0. The number of carboxylic acid groups (broad SMARTS) is 1. The van der Waals surface area contributed by atoms with Crippen molar-refractivity contribution < 1.29 is 14.7 Å². The van der Waals surface area contributed by atoms with Gasteiger partial charge < -0.3 is 10.8 Å². The topological polar surface area (TPSA) is 104 Å². The molecule has 0 aliphatic rings. The van der Waals surface area contributed by atoms with Gasteiger partial charge in [-0.15, -0.1) is 0 Å². The van der Waals surface area contributed by atoms with Gasteiger partial charge in [0.15, 0.2) is 11.7 Å². The zero-order valence-corrected chi connectivity index (χ0v) is 4.34. The van der Waals surface area contributed by atoms with Gasteiger partial charge in [-0.1, -0.05) is 0 Å². The monoisotopic (exact) mass is 128 g/mol. The highest BCUT2D eigenvalue weighted by molar-refractivity contribution is 6.42. The van der Waals surface area contributed by atoms with Crippen molar-refractivity contribution in [2.24, 2.45) is 5.73 Å². The summed E-state index contributed by atoms with van der Waals surface area (Å²) in [4.78, 5) is 19.4. The number of hydrogen-bond acceptors (Lipinski definition) is 4. The van der Waals surface area contributed by atoms with Crippen LogP contribution < -0.4 is 5.73 Å². The third kappa shape index (κ3) is 1.75. The van der Waals surface area contributed by atoms with E-state index in [1.165, 1.54) is 0 Å². The van der Waals surface area contributed by atoms with Crippen LogP contribution in [0.4, 0.5) is 0 Å². The number of carbonyl (C=O) groups excluding carboxylic acids is 1. The molecular formula is C4H4N2O3. The number of rotatable bonds is 2. The minimum absolute atomic E-state index is 0.692. The van der Waals surface area contributed by atoms with Gasteiger partial charge in [0.25, 0.3) is 0 Å². The Bertz CT molecular complexity index is 202. The molecule has 48 valence electrons. The molecule has 0 unspecified atom stereocenters. The van der Waals surface area contributed by atoms with Gasteiger partial charge in [-0.25, -0.2) is 9.59 Å². The molecule has 0 bridgehead atoms. The second-order valence-corrected chi connectivity index (χ2v) is 1.20. The zero-order valence-electron chi connectivity index (χ0n) is 4.34. The maximum absolute atomic E-state index is 9.80. The van der Waals surface area contributed by atoms with Gasteiger partial charge in [-0.2, -0.15) is 0 Å². The highest BCUT2D eigenvalue weighted by Crippen LogP contribution is 1.79. The number of carboxylic acids is 1. The molecule has 4 N–H and O–H groups in total. The molecule has 0 amide bonds. The first-order chi connectivity index (χ1) is 4.09. The predicted octanol–water partition coefficient (Wildman–Crippen LogP) is -1.24. The van der Waals surface area contributed by atoms with Gasteiger partial charge >= 0.3 is 5.97 Å². The maximum Gasteiger partial charge on any atom is 0.356 e. The first kappa shape index (κ1) is 7.39. The second-order valence-electron chi connectivity index (χ2n) is 1.20. The van der Waals surface area contributed by atoms with Gasteiger partial charge in [-0.05, 0) is 0 Å². The fourth-order valence-electron chi connectivity index (χ4n) is 0.166. The van der Waals surface area contributed by atoms with Crippen LogP contribution in [0.3, 0.4) is 0 Å². The molecule has 0 aliphatic carbocycles. The summed E-state index contributed by atoms with van der Waals surface area (Å²) >= 11 is 0. The summed E-state index contributed by atoms with van der Waals surface area (Å²) in [5, 5.41) is 14.5. The van der Waals surface area contributed by atoms with Crippen LogP contribution in [0.1, 0.15) is 0 Å². The van der Waals surface area contributed by atoms with E-state index in [1.807, 2.05) is 0 Å². The van der Waals surface area contributed by atoms with E-state index >= 15 is 0 Å². The Labute approximate surface area is 50.3 Å². The minimum atomic E-state index is -1.53. The van der Waals surface area contributed by atoms with Gasteiger partial charge in [0.1, 0.15) is 5.70 Å². The second kappa shape index (κ2) is 2.64. The number of aliphatic carboxylic acids is 1. The quantitative estimate of drug-likeness (QED) is 0.319. The van der Waals surface area contributed by atoms with Crippen LogP contribution in [0, 0.1) is 5.41 Å².